The maximum absolute atomic E-state index is 13.2. The summed E-state index contributed by atoms with van der Waals surface area (Å²) < 4.78 is 6.00. The van der Waals surface area contributed by atoms with Gasteiger partial charge in [-0.25, -0.2) is 0 Å². The van der Waals surface area contributed by atoms with Crippen LogP contribution in [0.2, 0.25) is 0 Å². The number of imide groups is 1. The highest BCUT2D eigenvalue weighted by molar-refractivity contribution is 6.06. The van der Waals surface area contributed by atoms with Crippen molar-refractivity contribution < 1.29 is 24.2 Å². The summed E-state index contributed by atoms with van der Waals surface area (Å²) >= 11 is 0. The molecule has 0 aliphatic carbocycles. The Kier molecular flexibility index (Phi) is 9.46. The van der Waals surface area contributed by atoms with Crippen LogP contribution in [-0.4, -0.2) is 89.4 Å². The number of aryl methyl sites for hydroxylation is 1. The predicted molar refractivity (Wildman–Crippen MR) is 151 cm³/mol. The fraction of sp³-hybridized carbons (Fsp3) is 0.516. The summed E-state index contributed by atoms with van der Waals surface area (Å²) in [6.07, 6.45) is 4.58. The Morgan fingerprint density at radius 3 is 2.25 bits per heavy atom. The second kappa shape index (κ2) is 13.4. The number of piperidine rings is 1. The molecule has 2 aromatic carbocycles. The zero-order chi connectivity index (χ0) is 27.9. The fourth-order valence-electron chi connectivity index (χ4n) is 5.93. The van der Waals surface area contributed by atoms with Gasteiger partial charge in [0.25, 0.3) is 5.91 Å². The van der Waals surface area contributed by atoms with Crippen molar-refractivity contribution in [1.29, 1.82) is 0 Å². The van der Waals surface area contributed by atoms with E-state index in [1.165, 1.54) is 29.8 Å². The summed E-state index contributed by atoms with van der Waals surface area (Å²) in [5.74, 6) is -0.925. The van der Waals surface area contributed by atoms with E-state index in [0.29, 0.717) is 23.5 Å². The molecule has 9 heteroatoms. The molecule has 3 aliphatic heterocycles. The van der Waals surface area contributed by atoms with Gasteiger partial charge in [0.1, 0.15) is 11.8 Å². The second-order valence-corrected chi connectivity index (χ2v) is 11.0. The molecule has 214 valence electrons. The number of amides is 3. The molecule has 5 rings (SSSR count). The van der Waals surface area contributed by atoms with Gasteiger partial charge < -0.3 is 19.6 Å². The van der Waals surface area contributed by atoms with Crippen LogP contribution in [0, 0.1) is 0 Å². The van der Waals surface area contributed by atoms with Crippen molar-refractivity contribution in [2.24, 2.45) is 0 Å². The van der Waals surface area contributed by atoms with Crippen LogP contribution in [0.15, 0.2) is 48.5 Å². The lowest BCUT2D eigenvalue weighted by Gasteiger charge is -2.34. The number of rotatable bonds is 12. The zero-order valence-electron chi connectivity index (χ0n) is 23.1. The highest BCUT2D eigenvalue weighted by Crippen LogP contribution is 2.39. The number of ether oxygens (including phenoxy) is 1. The lowest BCUT2D eigenvalue weighted by molar-refractivity contribution is -0.139. The Morgan fingerprint density at radius 2 is 1.55 bits per heavy atom. The second-order valence-electron chi connectivity index (χ2n) is 11.0. The number of benzene rings is 2. The van der Waals surface area contributed by atoms with Crippen LogP contribution < -0.4 is 10.1 Å². The lowest BCUT2D eigenvalue weighted by atomic mass is 10.0. The quantitative estimate of drug-likeness (QED) is 0.311. The topological polar surface area (TPSA) is 102 Å². The number of unbranched alkanes of at least 4 members (excludes halogenated alkanes) is 2. The maximum Gasteiger partial charge on any atom is 0.261 e. The van der Waals surface area contributed by atoms with Crippen molar-refractivity contribution in [2.45, 2.75) is 57.2 Å². The first-order chi connectivity index (χ1) is 19.5. The van der Waals surface area contributed by atoms with E-state index in [1.807, 2.05) is 0 Å². The average molecular weight is 549 g/mol. The molecule has 3 amide bonds. The highest BCUT2D eigenvalue weighted by Gasteiger charge is 2.45. The van der Waals surface area contributed by atoms with E-state index in [0.717, 1.165) is 52.0 Å². The van der Waals surface area contributed by atoms with E-state index in [2.05, 4.69) is 45.4 Å². The molecular weight excluding hydrogens is 508 g/mol. The standard InChI is InChI=1S/C31H40N4O5/c36-27-15-14-25(29(37)32-27)35-30(38)24-12-8-13-26(28(24)31(35)39)40-22-7-6-17-34-20-18-33(19-21-34)16-5-4-11-23-9-2-1-3-10-23/h1-3,8-10,12-13,25,30,38H,4-7,11,14-22H2,(H,32,36,37). The van der Waals surface area contributed by atoms with Crippen molar-refractivity contribution in [1.82, 2.24) is 20.0 Å². The third-order valence-corrected chi connectivity index (χ3v) is 8.22. The molecule has 3 aliphatic rings. The Labute approximate surface area is 236 Å². The zero-order valence-corrected chi connectivity index (χ0v) is 23.1. The van der Waals surface area contributed by atoms with Crippen molar-refractivity contribution in [3.05, 3.63) is 65.2 Å². The van der Waals surface area contributed by atoms with Crippen molar-refractivity contribution in [3.63, 3.8) is 0 Å². The number of nitrogens with zero attached hydrogens (tertiary/aromatic N) is 3. The summed E-state index contributed by atoms with van der Waals surface area (Å²) in [5, 5.41) is 13.1. The smallest absolute Gasteiger partial charge is 0.261 e. The molecule has 2 atom stereocenters. The Hall–Kier alpha value is -3.27. The molecule has 0 saturated carbocycles. The minimum atomic E-state index is -1.24. The minimum Gasteiger partial charge on any atom is -0.493 e. The van der Waals surface area contributed by atoms with Crippen LogP contribution in [0.1, 0.15) is 66.2 Å². The Morgan fingerprint density at radius 1 is 0.850 bits per heavy atom. The number of nitrogens with one attached hydrogen (secondary N) is 1. The van der Waals surface area contributed by atoms with Gasteiger partial charge in [-0.15, -0.1) is 0 Å². The van der Waals surface area contributed by atoms with Gasteiger partial charge in [0, 0.05) is 38.2 Å². The molecule has 2 N–H and O–H groups in total. The van der Waals surface area contributed by atoms with E-state index in [-0.39, 0.29) is 18.7 Å². The van der Waals surface area contributed by atoms with Crippen LogP contribution >= 0.6 is 0 Å². The summed E-state index contributed by atoms with van der Waals surface area (Å²) in [6.45, 7) is 7.09. The number of aliphatic hydroxyl groups is 1. The van der Waals surface area contributed by atoms with Gasteiger partial charge in [0.2, 0.25) is 11.8 Å². The molecule has 2 unspecified atom stereocenters. The first-order valence-corrected chi connectivity index (χ1v) is 14.6. The Bertz CT molecular complexity index is 1180. The first kappa shape index (κ1) is 28.3. The molecule has 0 spiro atoms. The maximum atomic E-state index is 13.2. The van der Waals surface area contributed by atoms with Crippen LogP contribution in [0.25, 0.3) is 0 Å². The number of carbonyl (C=O) groups is 3. The molecule has 0 radical (unpaired) electrons. The molecule has 40 heavy (non-hydrogen) atoms. The van der Waals surface area contributed by atoms with Crippen LogP contribution in [0.4, 0.5) is 0 Å². The summed E-state index contributed by atoms with van der Waals surface area (Å²) in [4.78, 5) is 43.4. The fourth-order valence-corrected chi connectivity index (χ4v) is 5.93. The van der Waals surface area contributed by atoms with E-state index in [1.54, 1.807) is 18.2 Å². The lowest BCUT2D eigenvalue weighted by Crippen LogP contribution is -2.53. The molecule has 0 bridgehead atoms. The van der Waals surface area contributed by atoms with Gasteiger partial charge in [-0.2, -0.15) is 0 Å². The molecule has 2 saturated heterocycles. The van der Waals surface area contributed by atoms with E-state index in [4.69, 9.17) is 4.74 Å². The monoisotopic (exact) mass is 548 g/mol. The van der Waals surface area contributed by atoms with Gasteiger partial charge in [-0.3, -0.25) is 24.6 Å². The number of piperazine rings is 1. The van der Waals surface area contributed by atoms with Gasteiger partial charge in [-0.05, 0) is 63.2 Å². The normalized spacial score (nSPS) is 21.9. The third kappa shape index (κ3) is 6.71. The summed E-state index contributed by atoms with van der Waals surface area (Å²) in [5.41, 5.74) is 2.16. The van der Waals surface area contributed by atoms with Crippen molar-refractivity contribution in [3.8, 4) is 5.75 Å². The number of aliphatic hydroxyl groups excluding tert-OH is 1. The van der Waals surface area contributed by atoms with Crippen LogP contribution in [0.5, 0.6) is 5.75 Å². The predicted octanol–water partition coefficient (Wildman–Crippen LogP) is 2.74. The largest absolute Gasteiger partial charge is 0.493 e. The SMILES string of the molecule is O=C1CCC(N2C(=O)c3c(OCCCCN4CCN(CCCCc5ccccc5)CC4)cccc3C2O)C(=O)N1. The number of hydrogen-bond acceptors (Lipinski definition) is 7. The number of carbonyl (C=O) groups excluding carboxylic acids is 3. The number of fused-ring (bicyclic) bond motifs is 1. The van der Waals surface area contributed by atoms with Crippen LogP contribution in [0.3, 0.4) is 0 Å². The summed E-state index contributed by atoms with van der Waals surface area (Å²) in [7, 11) is 0. The van der Waals surface area contributed by atoms with Crippen LogP contribution in [-0.2, 0) is 16.0 Å². The van der Waals surface area contributed by atoms with Crippen molar-refractivity contribution in [2.75, 3.05) is 45.9 Å². The molecular formula is C31H40N4O5. The molecule has 2 fully saturated rings. The van der Waals surface area contributed by atoms with Gasteiger partial charge >= 0.3 is 0 Å². The van der Waals surface area contributed by atoms with Gasteiger partial charge in [0.15, 0.2) is 6.23 Å². The first-order valence-electron chi connectivity index (χ1n) is 14.6. The molecule has 9 nitrogen and oxygen atoms in total. The van der Waals surface area contributed by atoms with E-state index in [9.17, 15) is 19.5 Å². The van der Waals surface area contributed by atoms with E-state index < -0.39 is 24.1 Å². The third-order valence-electron chi connectivity index (χ3n) is 8.22. The molecule has 2 aromatic rings. The average Bonchev–Trinajstić information content (AvgIpc) is 3.22. The van der Waals surface area contributed by atoms with Gasteiger partial charge in [0.05, 0.1) is 12.2 Å². The number of hydrogen-bond donors (Lipinski definition) is 2. The van der Waals surface area contributed by atoms with Crippen molar-refractivity contribution >= 4 is 17.7 Å². The minimum absolute atomic E-state index is 0.135. The Balaban J connectivity index is 1.00. The van der Waals surface area contributed by atoms with Gasteiger partial charge in [-0.1, -0.05) is 42.5 Å². The van der Waals surface area contributed by atoms with E-state index >= 15 is 0 Å². The highest BCUT2D eigenvalue weighted by atomic mass is 16.5. The molecule has 0 aromatic heterocycles. The summed E-state index contributed by atoms with van der Waals surface area (Å²) in [6, 6.07) is 15.0. The molecule has 3 heterocycles.